The van der Waals surface area contributed by atoms with E-state index < -0.39 is 0 Å². The molecule has 9 atom stereocenters. The van der Waals surface area contributed by atoms with Crippen LogP contribution in [0.4, 0.5) is 0 Å². The molecule has 28 heavy (non-hydrogen) atoms. The van der Waals surface area contributed by atoms with Crippen molar-refractivity contribution in [2.75, 3.05) is 0 Å². The Morgan fingerprint density at radius 2 is 2.04 bits per heavy atom. The molecule has 3 aliphatic carbocycles. The summed E-state index contributed by atoms with van der Waals surface area (Å²) in [5.41, 5.74) is 5.91. The van der Waals surface area contributed by atoms with Gasteiger partial charge in [-0.25, -0.2) is 0 Å². The minimum absolute atomic E-state index is 0.0815. The largest absolute Gasteiger partial charge is 0.370 e. The van der Waals surface area contributed by atoms with Crippen molar-refractivity contribution in [2.24, 2.45) is 52.1 Å². The Kier molecular flexibility index (Phi) is 4.91. The molecule has 0 saturated heterocycles. The van der Waals surface area contributed by atoms with E-state index in [1.54, 1.807) is 6.08 Å². The maximum atomic E-state index is 12.0. The van der Waals surface area contributed by atoms with E-state index in [-0.39, 0.29) is 23.3 Å². The van der Waals surface area contributed by atoms with Gasteiger partial charge in [0.1, 0.15) is 0 Å². The number of nitrogens with one attached hydrogen (secondary N) is 1. The second-order valence-electron chi connectivity index (χ2n) is 11.0. The molecule has 3 saturated carbocycles. The topological polar surface area (TPSA) is 72.2 Å². The zero-order chi connectivity index (χ0) is 20.3. The highest BCUT2D eigenvalue weighted by atomic mass is 16.1. The van der Waals surface area contributed by atoms with Crippen LogP contribution in [0.3, 0.4) is 0 Å². The van der Waals surface area contributed by atoms with Gasteiger partial charge in [0.2, 0.25) is 11.8 Å². The van der Waals surface area contributed by atoms with Crippen molar-refractivity contribution in [3.05, 3.63) is 12.2 Å². The maximum absolute atomic E-state index is 12.0. The molecule has 4 aliphatic rings. The number of hydrogen-bond acceptors (Lipinski definition) is 2. The van der Waals surface area contributed by atoms with Gasteiger partial charge in [0.25, 0.3) is 0 Å². The van der Waals surface area contributed by atoms with Gasteiger partial charge < -0.3 is 11.1 Å². The summed E-state index contributed by atoms with van der Waals surface area (Å²) in [6, 6.07) is 0.289. The number of fused-ring (bicyclic) bond motifs is 5. The average molecular weight is 387 g/mol. The highest BCUT2D eigenvalue weighted by Crippen LogP contribution is 2.67. The summed E-state index contributed by atoms with van der Waals surface area (Å²) in [6.45, 7) is 9.71. The summed E-state index contributed by atoms with van der Waals surface area (Å²) in [5.74, 6) is 4.01. The lowest BCUT2D eigenvalue weighted by Crippen LogP contribution is -2.61. The minimum atomic E-state index is -0.165. The molecule has 4 heteroatoms. The molecular weight excluding hydrogens is 348 g/mol. The third kappa shape index (κ3) is 2.93. The molecule has 4 rings (SSSR count). The molecular formula is C24H38N2O2. The van der Waals surface area contributed by atoms with Crippen LogP contribution in [0.25, 0.3) is 0 Å². The van der Waals surface area contributed by atoms with Crippen LogP contribution in [0.1, 0.15) is 72.6 Å². The van der Waals surface area contributed by atoms with Gasteiger partial charge in [-0.2, -0.15) is 0 Å². The number of amides is 2. The van der Waals surface area contributed by atoms with Gasteiger partial charge in [-0.3, -0.25) is 9.59 Å². The lowest BCUT2D eigenvalue weighted by molar-refractivity contribution is -0.126. The van der Waals surface area contributed by atoms with Gasteiger partial charge in [-0.1, -0.05) is 33.8 Å². The molecule has 156 valence electrons. The fourth-order valence-electron chi connectivity index (χ4n) is 8.23. The van der Waals surface area contributed by atoms with Crippen molar-refractivity contribution in [1.82, 2.24) is 5.32 Å². The Balaban J connectivity index is 1.59. The molecule has 0 spiro atoms. The Labute approximate surface area is 170 Å². The zero-order valence-electron chi connectivity index (χ0n) is 18.0. The first kappa shape index (κ1) is 20.0. The van der Waals surface area contributed by atoms with Crippen LogP contribution in [0.2, 0.25) is 0 Å². The number of carbonyl (C=O) groups excluding carboxylic acids is 2. The molecule has 2 amide bonds. The lowest BCUT2D eigenvalue weighted by Gasteiger charge is -2.61. The summed E-state index contributed by atoms with van der Waals surface area (Å²) in [5, 5.41) is 3.28. The molecule has 4 nitrogen and oxygen atoms in total. The van der Waals surface area contributed by atoms with Crippen molar-refractivity contribution >= 4 is 11.8 Å². The second-order valence-corrected chi connectivity index (χ2v) is 11.0. The van der Waals surface area contributed by atoms with Gasteiger partial charge in [-0.05, 0) is 85.5 Å². The maximum Gasteiger partial charge on any atom is 0.243 e. The van der Waals surface area contributed by atoms with Crippen molar-refractivity contribution in [3.63, 3.8) is 0 Å². The summed E-state index contributed by atoms with van der Waals surface area (Å²) in [7, 11) is 0. The van der Waals surface area contributed by atoms with Crippen LogP contribution in [0, 0.1) is 46.3 Å². The summed E-state index contributed by atoms with van der Waals surface area (Å²) < 4.78 is 0. The van der Waals surface area contributed by atoms with E-state index >= 15 is 0 Å². The molecule has 3 N–H and O–H groups in total. The quantitative estimate of drug-likeness (QED) is 0.765. The van der Waals surface area contributed by atoms with E-state index in [1.165, 1.54) is 25.7 Å². The predicted molar refractivity (Wildman–Crippen MR) is 111 cm³/mol. The summed E-state index contributed by atoms with van der Waals surface area (Å²) in [4.78, 5) is 23.2. The fraction of sp³-hybridized carbons (Fsp3) is 0.833. The van der Waals surface area contributed by atoms with Crippen molar-refractivity contribution in [2.45, 2.75) is 78.7 Å². The van der Waals surface area contributed by atoms with E-state index in [0.29, 0.717) is 35.5 Å². The number of rotatable bonds is 4. The van der Waals surface area contributed by atoms with Crippen LogP contribution in [-0.2, 0) is 9.59 Å². The Bertz CT molecular complexity index is 688. The predicted octanol–water partition coefficient (Wildman–Crippen LogP) is 4.05. The van der Waals surface area contributed by atoms with Gasteiger partial charge in [0.05, 0.1) is 0 Å². The highest BCUT2D eigenvalue weighted by molar-refractivity contribution is 5.89. The van der Waals surface area contributed by atoms with E-state index in [9.17, 15) is 9.59 Å². The van der Waals surface area contributed by atoms with E-state index in [4.69, 9.17) is 5.73 Å². The molecule has 0 bridgehead atoms. The molecule has 0 radical (unpaired) electrons. The van der Waals surface area contributed by atoms with Crippen LogP contribution in [0.15, 0.2) is 12.2 Å². The Hall–Kier alpha value is -1.32. The normalized spacial score (nSPS) is 48.2. The SMILES string of the molecule is CC1C[C@H]2NC(=O)C=C[C@]2(C)[C@H]2CC[C@]3(C)[C@@H]([C@H](C)CCC(N)=O)CC[C@H]3[C@H]12. The molecule has 0 aromatic heterocycles. The standard InChI is InChI=1S/C24H38N2O2/c1-14(5-8-20(25)27)16-6-7-17-22-15(2)13-19-24(4,12-10-21(28)26-19)18(22)9-11-23(16,17)3/h10,12,14-19,22H,5-9,11,13H2,1-4H3,(H2,25,27)(H,26,28)/t14-,15?,16-,17+,18+,19-,22+,23-,24-/m1/s1. The minimum Gasteiger partial charge on any atom is -0.370 e. The van der Waals surface area contributed by atoms with E-state index in [2.05, 4.69) is 39.1 Å². The fourth-order valence-corrected chi connectivity index (χ4v) is 8.23. The van der Waals surface area contributed by atoms with Gasteiger partial charge >= 0.3 is 0 Å². The number of carbonyl (C=O) groups is 2. The average Bonchev–Trinajstić information content (AvgIpc) is 2.98. The highest BCUT2D eigenvalue weighted by Gasteiger charge is 2.61. The Morgan fingerprint density at radius 3 is 2.75 bits per heavy atom. The van der Waals surface area contributed by atoms with Crippen molar-refractivity contribution < 1.29 is 9.59 Å². The molecule has 1 aliphatic heterocycles. The molecule has 0 aromatic rings. The zero-order valence-corrected chi connectivity index (χ0v) is 18.0. The third-order valence-electron chi connectivity index (χ3n) is 9.66. The van der Waals surface area contributed by atoms with Crippen LogP contribution in [0.5, 0.6) is 0 Å². The number of primary amides is 1. The van der Waals surface area contributed by atoms with Crippen LogP contribution < -0.4 is 11.1 Å². The molecule has 1 unspecified atom stereocenters. The van der Waals surface area contributed by atoms with Crippen LogP contribution >= 0.6 is 0 Å². The summed E-state index contributed by atoms with van der Waals surface area (Å²) >= 11 is 0. The Morgan fingerprint density at radius 1 is 1.29 bits per heavy atom. The van der Waals surface area contributed by atoms with Crippen LogP contribution in [-0.4, -0.2) is 17.9 Å². The number of nitrogens with two attached hydrogens (primary N) is 1. The third-order valence-corrected chi connectivity index (χ3v) is 9.66. The first-order chi connectivity index (χ1) is 13.2. The van der Waals surface area contributed by atoms with Gasteiger partial charge in [-0.15, -0.1) is 0 Å². The molecule has 3 fully saturated rings. The lowest BCUT2D eigenvalue weighted by atomic mass is 9.45. The van der Waals surface area contributed by atoms with E-state index in [1.807, 2.05) is 0 Å². The molecule has 0 aromatic carbocycles. The molecule has 1 heterocycles. The number of hydrogen-bond donors (Lipinski definition) is 2. The van der Waals surface area contributed by atoms with Crippen molar-refractivity contribution in [3.8, 4) is 0 Å². The first-order valence-corrected chi connectivity index (χ1v) is 11.4. The second kappa shape index (κ2) is 6.88. The smallest absolute Gasteiger partial charge is 0.243 e. The van der Waals surface area contributed by atoms with E-state index in [0.717, 1.165) is 24.7 Å². The first-order valence-electron chi connectivity index (χ1n) is 11.4. The van der Waals surface area contributed by atoms with Gasteiger partial charge in [0, 0.05) is 17.9 Å². The van der Waals surface area contributed by atoms with Crippen molar-refractivity contribution in [1.29, 1.82) is 0 Å². The monoisotopic (exact) mass is 386 g/mol. The summed E-state index contributed by atoms with van der Waals surface area (Å²) in [6.07, 6.45) is 11.7. The van der Waals surface area contributed by atoms with Gasteiger partial charge in [0.15, 0.2) is 0 Å².